The molecule has 33 heavy (non-hydrogen) atoms. The zero-order valence-electron chi connectivity index (χ0n) is 19.9. The van der Waals surface area contributed by atoms with E-state index in [0.717, 1.165) is 0 Å². The lowest BCUT2D eigenvalue weighted by molar-refractivity contribution is -0.145. The molecule has 188 valence electrons. The number of carbonyl (C=O) groups excluding carboxylic acids is 3. The molecule has 11 heteroatoms. The van der Waals surface area contributed by atoms with Crippen molar-refractivity contribution < 1.29 is 34.2 Å². The standard InChI is InChI=1S/C22H38N4O7/c1-5-13(4)18(23)20(30)24-14(8-9-17(27)28)21(31)26-10-6-7-16(26)19(29)25-15(22(32)33)11-12(2)3/h12-16,18H,5-11,23H2,1-4H3,(H,24,30)(H,25,29)(H,27,28)(H,32,33). The number of carboxylic acids is 2. The second kappa shape index (κ2) is 13.1. The van der Waals surface area contributed by atoms with Crippen LogP contribution in [0.2, 0.25) is 0 Å². The SMILES string of the molecule is CCC(C)C(N)C(=O)NC(CCC(=O)O)C(=O)N1CCCC1C(=O)NC(CC(C)C)C(=O)O. The predicted molar refractivity (Wildman–Crippen MR) is 120 cm³/mol. The first-order valence-corrected chi connectivity index (χ1v) is 11.5. The van der Waals surface area contributed by atoms with Crippen LogP contribution in [-0.2, 0) is 24.0 Å². The fraction of sp³-hybridized carbons (Fsp3) is 0.773. The van der Waals surface area contributed by atoms with E-state index < -0.39 is 53.8 Å². The maximum atomic E-state index is 13.2. The molecular formula is C22H38N4O7. The second-order valence-corrected chi connectivity index (χ2v) is 9.12. The van der Waals surface area contributed by atoms with E-state index in [-0.39, 0.29) is 37.6 Å². The minimum Gasteiger partial charge on any atom is -0.481 e. The van der Waals surface area contributed by atoms with Crippen LogP contribution >= 0.6 is 0 Å². The van der Waals surface area contributed by atoms with Gasteiger partial charge in [-0.25, -0.2) is 4.79 Å². The molecule has 0 bridgehead atoms. The largest absolute Gasteiger partial charge is 0.481 e. The highest BCUT2D eigenvalue weighted by molar-refractivity contribution is 5.94. The van der Waals surface area contributed by atoms with Crippen LogP contribution in [0.1, 0.15) is 66.2 Å². The minimum absolute atomic E-state index is 0.0399. The van der Waals surface area contributed by atoms with Crippen molar-refractivity contribution in [1.29, 1.82) is 0 Å². The number of nitrogens with one attached hydrogen (secondary N) is 2. The normalized spacial score (nSPS) is 19.5. The lowest BCUT2D eigenvalue weighted by Crippen LogP contribution is -2.57. The van der Waals surface area contributed by atoms with E-state index >= 15 is 0 Å². The van der Waals surface area contributed by atoms with E-state index in [1.807, 2.05) is 20.8 Å². The van der Waals surface area contributed by atoms with E-state index in [1.165, 1.54) is 4.90 Å². The first-order chi connectivity index (χ1) is 15.4. The van der Waals surface area contributed by atoms with Crippen molar-refractivity contribution in [2.24, 2.45) is 17.6 Å². The van der Waals surface area contributed by atoms with Gasteiger partial charge in [-0.3, -0.25) is 19.2 Å². The molecule has 0 aliphatic carbocycles. The van der Waals surface area contributed by atoms with Gasteiger partial charge in [-0.1, -0.05) is 34.1 Å². The molecule has 1 rings (SSSR count). The molecule has 1 aliphatic rings. The summed E-state index contributed by atoms with van der Waals surface area (Å²) in [7, 11) is 0. The summed E-state index contributed by atoms with van der Waals surface area (Å²) in [5.41, 5.74) is 5.95. The number of hydrogen-bond acceptors (Lipinski definition) is 6. The molecule has 0 aromatic rings. The Labute approximate surface area is 194 Å². The van der Waals surface area contributed by atoms with Crippen molar-refractivity contribution >= 4 is 29.7 Å². The van der Waals surface area contributed by atoms with Crippen LogP contribution in [0.3, 0.4) is 0 Å². The number of likely N-dealkylation sites (tertiary alicyclic amines) is 1. The van der Waals surface area contributed by atoms with Crippen LogP contribution in [-0.4, -0.2) is 75.5 Å². The molecule has 1 fully saturated rings. The third kappa shape index (κ3) is 8.64. The molecule has 11 nitrogen and oxygen atoms in total. The van der Waals surface area contributed by atoms with Crippen molar-refractivity contribution in [2.75, 3.05) is 6.54 Å². The van der Waals surface area contributed by atoms with Crippen molar-refractivity contribution in [3.8, 4) is 0 Å². The smallest absolute Gasteiger partial charge is 0.326 e. The Morgan fingerprint density at radius 3 is 2.21 bits per heavy atom. The average Bonchev–Trinajstić information content (AvgIpc) is 3.23. The van der Waals surface area contributed by atoms with E-state index in [4.69, 9.17) is 10.8 Å². The summed E-state index contributed by atoms with van der Waals surface area (Å²) in [6, 6.07) is -3.98. The Bertz CT molecular complexity index is 728. The lowest BCUT2D eigenvalue weighted by atomic mass is 9.98. The molecule has 3 amide bonds. The number of carboxylic acid groups (broad SMARTS) is 2. The molecule has 1 aliphatic heterocycles. The highest BCUT2D eigenvalue weighted by Crippen LogP contribution is 2.21. The van der Waals surface area contributed by atoms with Gasteiger partial charge in [0.2, 0.25) is 17.7 Å². The van der Waals surface area contributed by atoms with Crippen LogP contribution in [0.15, 0.2) is 0 Å². The Morgan fingerprint density at radius 1 is 1.06 bits per heavy atom. The molecule has 0 aromatic heterocycles. The summed E-state index contributed by atoms with van der Waals surface area (Å²) in [6.07, 6.45) is 1.26. The first kappa shape index (κ1) is 28.3. The first-order valence-electron chi connectivity index (χ1n) is 11.5. The third-order valence-corrected chi connectivity index (χ3v) is 5.98. The van der Waals surface area contributed by atoms with E-state index in [1.54, 1.807) is 6.92 Å². The maximum Gasteiger partial charge on any atom is 0.326 e. The van der Waals surface area contributed by atoms with Gasteiger partial charge in [0.1, 0.15) is 18.1 Å². The van der Waals surface area contributed by atoms with Gasteiger partial charge < -0.3 is 31.5 Å². The summed E-state index contributed by atoms with van der Waals surface area (Å²) >= 11 is 0. The summed E-state index contributed by atoms with van der Waals surface area (Å²) in [4.78, 5) is 62.5. The number of nitrogens with two attached hydrogens (primary N) is 1. The molecule has 6 N–H and O–H groups in total. The zero-order valence-corrected chi connectivity index (χ0v) is 19.9. The number of carbonyl (C=O) groups is 5. The van der Waals surface area contributed by atoms with Crippen LogP contribution in [0, 0.1) is 11.8 Å². The van der Waals surface area contributed by atoms with Gasteiger partial charge in [0, 0.05) is 13.0 Å². The predicted octanol–water partition coefficient (Wildman–Crippen LogP) is 0.316. The van der Waals surface area contributed by atoms with Gasteiger partial charge in [-0.15, -0.1) is 0 Å². The van der Waals surface area contributed by atoms with Crippen LogP contribution < -0.4 is 16.4 Å². The number of amides is 3. The van der Waals surface area contributed by atoms with E-state index in [9.17, 15) is 29.1 Å². The van der Waals surface area contributed by atoms with Gasteiger partial charge in [-0.2, -0.15) is 0 Å². The van der Waals surface area contributed by atoms with Crippen molar-refractivity contribution in [2.45, 2.75) is 90.4 Å². The van der Waals surface area contributed by atoms with Crippen molar-refractivity contribution in [3.05, 3.63) is 0 Å². The molecule has 0 saturated carbocycles. The number of aliphatic carboxylic acids is 2. The van der Waals surface area contributed by atoms with Gasteiger partial charge in [0.15, 0.2) is 0 Å². The topological polar surface area (TPSA) is 179 Å². The molecule has 1 saturated heterocycles. The number of nitrogens with zero attached hydrogens (tertiary/aromatic N) is 1. The number of hydrogen-bond donors (Lipinski definition) is 5. The fourth-order valence-corrected chi connectivity index (χ4v) is 3.77. The van der Waals surface area contributed by atoms with Crippen LogP contribution in [0.5, 0.6) is 0 Å². The lowest BCUT2D eigenvalue weighted by Gasteiger charge is -2.30. The Balaban J connectivity index is 2.99. The highest BCUT2D eigenvalue weighted by atomic mass is 16.4. The highest BCUT2D eigenvalue weighted by Gasteiger charge is 2.39. The Kier molecular flexibility index (Phi) is 11.3. The number of rotatable bonds is 13. The summed E-state index contributed by atoms with van der Waals surface area (Å²) in [5.74, 6) is -4.09. The summed E-state index contributed by atoms with van der Waals surface area (Å²) in [6.45, 7) is 7.60. The van der Waals surface area contributed by atoms with Gasteiger partial charge in [0.05, 0.1) is 6.04 Å². The molecule has 0 radical (unpaired) electrons. The molecule has 5 atom stereocenters. The Morgan fingerprint density at radius 2 is 1.70 bits per heavy atom. The molecule has 0 spiro atoms. The van der Waals surface area contributed by atoms with Crippen molar-refractivity contribution in [1.82, 2.24) is 15.5 Å². The van der Waals surface area contributed by atoms with Crippen LogP contribution in [0.25, 0.3) is 0 Å². The monoisotopic (exact) mass is 470 g/mol. The minimum atomic E-state index is -1.15. The molecule has 1 heterocycles. The fourth-order valence-electron chi connectivity index (χ4n) is 3.77. The second-order valence-electron chi connectivity index (χ2n) is 9.12. The summed E-state index contributed by atoms with van der Waals surface area (Å²) in [5, 5.41) is 23.5. The average molecular weight is 471 g/mol. The Hall–Kier alpha value is -2.69. The van der Waals surface area contributed by atoms with Gasteiger partial charge in [-0.05, 0) is 37.5 Å². The van der Waals surface area contributed by atoms with E-state index in [0.29, 0.717) is 19.3 Å². The quantitative estimate of drug-likeness (QED) is 0.255. The molecular weight excluding hydrogens is 432 g/mol. The van der Waals surface area contributed by atoms with Gasteiger partial charge in [0.25, 0.3) is 0 Å². The maximum absolute atomic E-state index is 13.2. The summed E-state index contributed by atoms with van der Waals surface area (Å²) < 4.78 is 0. The van der Waals surface area contributed by atoms with Crippen LogP contribution in [0.4, 0.5) is 0 Å². The molecule has 5 unspecified atom stereocenters. The zero-order chi connectivity index (χ0) is 25.3. The van der Waals surface area contributed by atoms with Crippen molar-refractivity contribution in [3.63, 3.8) is 0 Å². The molecule has 0 aromatic carbocycles. The van der Waals surface area contributed by atoms with Gasteiger partial charge >= 0.3 is 11.9 Å². The van der Waals surface area contributed by atoms with E-state index in [2.05, 4.69) is 10.6 Å². The third-order valence-electron chi connectivity index (χ3n) is 5.98.